The molecule has 3 N–H and O–H groups in total. The number of H-pyrrole nitrogens is 2. The maximum absolute atomic E-state index is 12.2. The van der Waals surface area contributed by atoms with E-state index < -0.39 is 26.2 Å². The highest BCUT2D eigenvalue weighted by Crippen LogP contribution is 2.13. The Hall–Kier alpha value is -2.39. The van der Waals surface area contributed by atoms with Crippen LogP contribution in [0.4, 0.5) is 0 Å². The van der Waals surface area contributed by atoms with Crippen LogP contribution in [0.5, 0.6) is 5.75 Å². The molecule has 8 nitrogen and oxygen atoms in total. The summed E-state index contributed by atoms with van der Waals surface area (Å²) in [5.74, 6) is 0.592. The van der Waals surface area contributed by atoms with Gasteiger partial charge in [0.15, 0.2) is 4.90 Å². The highest BCUT2D eigenvalue weighted by atomic mass is 32.2. The number of aromatic amines is 2. The van der Waals surface area contributed by atoms with Gasteiger partial charge in [-0.2, -0.15) is 0 Å². The Balaban J connectivity index is 2.29. The first-order valence-corrected chi connectivity index (χ1v) is 7.77. The Morgan fingerprint density at radius 2 is 1.95 bits per heavy atom. The summed E-state index contributed by atoms with van der Waals surface area (Å²) >= 11 is 0. The molecular formula is C13H15N3O5S. The van der Waals surface area contributed by atoms with Gasteiger partial charge in [0.1, 0.15) is 5.75 Å². The number of hydrogen-bond acceptors (Lipinski definition) is 5. The molecule has 1 aromatic heterocycles. The van der Waals surface area contributed by atoms with Gasteiger partial charge in [0.05, 0.1) is 7.11 Å². The van der Waals surface area contributed by atoms with Crippen molar-refractivity contribution in [2.45, 2.75) is 18.4 Å². The molecular weight excluding hydrogens is 310 g/mol. The van der Waals surface area contributed by atoms with Gasteiger partial charge in [-0.05, 0) is 24.6 Å². The molecule has 0 atom stereocenters. The lowest BCUT2D eigenvalue weighted by atomic mass is 10.2. The third kappa shape index (κ3) is 3.43. The monoisotopic (exact) mass is 325 g/mol. The summed E-state index contributed by atoms with van der Waals surface area (Å²) in [6.45, 7) is 1.33. The Kier molecular flexibility index (Phi) is 4.48. The zero-order valence-corrected chi connectivity index (χ0v) is 12.8. The van der Waals surface area contributed by atoms with E-state index in [0.29, 0.717) is 11.3 Å². The first kappa shape index (κ1) is 16.0. The largest absolute Gasteiger partial charge is 0.497 e. The summed E-state index contributed by atoms with van der Waals surface area (Å²) in [5.41, 5.74) is -1.07. The second-order valence-corrected chi connectivity index (χ2v) is 6.24. The summed E-state index contributed by atoms with van der Waals surface area (Å²) in [4.78, 5) is 26.4. The highest BCUT2D eigenvalue weighted by Gasteiger charge is 2.21. The van der Waals surface area contributed by atoms with Crippen LogP contribution in [0.25, 0.3) is 0 Å². The number of aromatic nitrogens is 2. The Bertz CT molecular complexity index is 898. The minimum absolute atomic E-state index is 0.0163. The van der Waals surface area contributed by atoms with E-state index in [1.165, 1.54) is 14.0 Å². The smallest absolute Gasteiger partial charge is 0.325 e. The number of sulfonamides is 1. The van der Waals surface area contributed by atoms with E-state index in [-0.39, 0.29) is 12.2 Å². The van der Waals surface area contributed by atoms with Crippen molar-refractivity contribution in [3.63, 3.8) is 0 Å². The fraction of sp³-hybridized carbons (Fsp3) is 0.231. The van der Waals surface area contributed by atoms with Crippen molar-refractivity contribution in [2.24, 2.45) is 0 Å². The minimum atomic E-state index is -4.06. The molecule has 118 valence electrons. The Morgan fingerprint density at radius 1 is 1.23 bits per heavy atom. The molecule has 9 heteroatoms. The predicted octanol–water partition coefficient (Wildman–Crippen LogP) is -0.141. The van der Waals surface area contributed by atoms with Crippen molar-refractivity contribution in [2.75, 3.05) is 7.11 Å². The number of methoxy groups -OCH3 is 1. The molecule has 2 aromatic rings. The second kappa shape index (κ2) is 6.16. The van der Waals surface area contributed by atoms with E-state index in [4.69, 9.17) is 4.74 Å². The van der Waals surface area contributed by atoms with Crippen molar-refractivity contribution >= 4 is 10.0 Å². The fourth-order valence-corrected chi connectivity index (χ4v) is 3.20. The van der Waals surface area contributed by atoms with Gasteiger partial charge >= 0.3 is 5.69 Å². The zero-order valence-electron chi connectivity index (χ0n) is 12.0. The number of rotatable bonds is 5. The molecule has 0 spiro atoms. The van der Waals surface area contributed by atoms with Crippen LogP contribution in [0, 0.1) is 6.92 Å². The summed E-state index contributed by atoms with van der Waals surface area (Å²) in [5, 5.41) is 0. The average Bonchev–Trinajstić information content (AvgIpc) is 2.44. The quantitative estimate of drug-likeness (QED) is 0.706. The maximum atomic E-state index is 12.2. The molecule has 1 aromatic carbocycles. The maximum Gasteiger partial charge on any atom is 0.325 e. The predicted molar refractivity (Wildman–Crippen MR) is 79.4 cm³/mol. The Morgan fingerprint density at radius 3 is 2.59 bits per heavy atom. The normalized spacial score (nSPS) is 11.4. The van der Waals surface area contributed by atoms with E-state index in [1.807, 2.05) is 4.98 Å². The van der Waals surface area contributed by atoms with Crippen LogP contribution < -0.4 is 20.7 Å². The first-order chi connectivity index (χ1) is 10.3. The van der Waals surface area contributed by atoms with Crippen LogP contribution in [0.15, 0.2) is 38.8 Å². The standard InChI is InChI=1S/C13H15N3O5S/c1-8-11(12(17)16-13(18)15-8)22(19,20)14-7-9-4-3-5-10(6-9)21-2/h3-6,14H,7H2,1-2H3,(H2,15,16,17,18). The van der Waals surface area contributed by atoms with Crippen LogP contribution >= 0.6 is 0 Å². The summed E-state index contributed by atoms with van der Waals surface area (Å²) in [6, 6.07) is 6.84. The molecule has 22 heavy (non-hydrogen) atoms. The van der Waals surface area contributed by atoms with E-state index >= 15 is 0 Å². The highest BCUT2D eigenvalue weighted by molar-refractivity contribution is 7.89. The summed E-state index contributed by atoms with van der Waals surface area (Å²) in [7, 11) is -2.55. The Labute approximate surface area is 126 Å². The lowest BCUT2D eigenvalue weighted by Crippen LogP contribution is -2.34. The van der Waals surface area contributed by atoms with Crippen molar-refractivity contribution in [3.05, 3.63) is 56.4 Å². The van der Waals surface area contributed by atoms with E-state index in [0.717, 1.165) is 0 Å². The van der Waals surface area contributed by atoms with Gasteiger partial charge in [0.25, 0.3) is 5.56 Å². The van der Waals surface area contributed by atoms with Gasteiger partial charge in [-0.25, -0.2) is 17.9 Å². The molecule has 0 saturated carbocycles. The molecule has 0 aliphatic carbocycles. The number of ether oxygens (including phenoxy) is 1. The molecule has 0 saturated heterocycles. The SMILES string of the molecule is COc1cccc(CNS(=O)(=O)c2c(C)[nH]c(=O)[nH]c2=O)c1. The second-order valence-electron chi connectivity index (χ2n) is 4.54. The van der Waals surface area contributed by atoms with Crippen LogP contribution in [-0.4, -0.2) is 25.5 Å². The van der Waals surface area contributed by atoms with E-state index in [2.05, 4.69) is 9.71 Å². The van der Waals surface area contributed by atoms with Gasteiger partial charge in [0.2, 0.25) is 10.0 Å². The van der Waals surface area contributed by atoms with Crippen molar-refractivity contribution in [3.8, 4) is 5.75 Å². The molecule has 1 heterocycles. The van der Waals surface area contributed by atoms with Gasteiger partial charge in [-0.15, -0.1) is 0 Å². The van der Waals surface area contributed by atoms with E-state index in [1.54, 1.807) is 24.3 Å². The van der Waals surface area contributed by atoms with Gasteiger partial charge in [0, 0.05) is 12.2 Å². The molecule has 0 aliphatic rings. The number of hydrogen-bond donors (Lipinski definition) is 3. The van der Waals surface area contributed by atoms with Gasteiger partial charge in [-0.3, -0.25) is 9.78 Å². The molecule has 0 aliphatic heterocycles. The lowest BCUT2D eigenvalue weighted by Gasteiger charge is -2.09. The molecule has 2 rings (SSSR count). The molecule has 0 bridgehead atoms. The zero-order chi connectivity index (χ0) is 16.3. The molecule has 0 unspecified atom stereocenters. The van der Waals surface area contributed by atoms with Gasteiger partial charge < -0.3 is 9.72 Å². The number of nitrogens with one attached hydrogen (secondary N) is 3. The summed E-state index contributed by atoms with van der Waals surface area (Å²) in [6.07, 6.45) is 0. The van der Waals surface area contributed by atoms with Crippen LogP contribution in [0.2, 0.25) is 0 Å². The van der Waals surface area contributed by atoms with Gasteiger partial charge in [-0.1, -0.05) is 12.1 Å². The van der Waals surface area contributed by atoms with Crippen molar-refractivity contribution in [1.82, 2.24) is 14.7 Å². The molecule has 0 fully saturated rings. The fourth-order valence-electron chi connectivity index (χ4n) is 1.95. The number of aryl methyl sites for hydroxylation is 1. The third-order valence-corrected chi connectivity index (χ3v) is 4.50. The van der Waals surface area contributed by atoms with Crippen molar-refractivity contribution in [1.29, 1.82) is 0 Å². The van der Waals surface area contributed by atoms with Crippen LogP contribution in [0.3, 0.4) is 0 Å². The minimum Gasteiger partial charge on any atom is -0.497 e. The average molecular weight is 325 g/mol. The number of benzene rings is 1. The van der Waals surface area contributed by atoms with Crippen molar-refractivity contribution < 1.29 is 13.2 Å². The molecule has 0 radical (unpaired) electrons. The lowest BCUT2D eigenvalue weighted by molar-refractivity contribution is 0.414. The first-order valence-electron chi connectivity index (χ1n) is 6.29. The summed E-state index contributed by atoms with van der Waals surface area (Å²) < 4.78 is 31.8. The van der Waals surface area contributed by atoms with E-state index in [9.17, 15) is 18.0 Å². The molecule has 0 amide bonds. The van der Waals surface area contributed by atoms with Crippen LogP contribution in [-0.2, 0) is 16.6 Å². The van der Waals surface area contributed by atoms with Crippen LogP contribution in [0.1, 0.15) is 11.3 Å². The topological polar surface area (TPSA) is 121 Å². The third-order valence-electron chi connectivity index (χ3n) is 2.94.